The molecule has 8 nitrogen and oxygen atoms in total. The summed E-state index contributed by atoms with van der Waals surface area (Å²) in [5.41, 5.74) is 6.26. The topological polar surface area (TPSA) is 127 Å². The summed E-state index contributed by atoms with van der Waals surface area (Å²) in [6.45, 7) is 0.555. The number of halogens is 2. The second-order valence-electron chi connectivity index (χ2n) is 10.7. The molecule has 0 unspecified atom stereocenters. The van der Waals surface area contributed by atoms with E-state index in [9.17, 15) is 33.7 Å². The van der Waals surface area contributed by atoms with E-state index in [1.54, 1.807) is 6.07 Å². The number of carbonyl (C=O) groups is 2. The molecule has 3 aliphatic rings. The van der Waals surface area contributed by atoms with Crippen LogP contribution in [0.5, 0.6) is 5.75 Å². The summed E-state index contributed by atoms with van der Waals surface area (Å²) in [5.74, 6) is -3.88. The third-order valence-electron chi connectivity index (χ3n) is 8.37. The van der Waals surface area contributed by atoms with Gasteiger partial charge in [0.2, 0.25) is 5.92 Å². The van der Waals surface area contributed by atoms with Gasteiger partial charge in [0.15, 0.2) is 6.10 Å². The number of aromatic hydroxyl groups is 1. The van der Waals surface area contributed by atoms with Crippen LogP contribution in [0, 0.1) is 5.92 Å². The Morgan fingerprint density at radius 1 is 1.14 bits per heavy atom. The third-order valence-corrected chi connectivity index (χ3v) is 8.37. The molecule has 1 aromatic carbocycles. The van der Waals surface area contributed by atoms with Crippen molar-refractivity contribution in [1.82, 2.24) is 9.80 Å². The lowest BCUT2D eigenvalue weighted by atomic mass is 9.83. The number of rotatable bonds is 9. The van der Waals surface area contributed by atoms with Crippen LogP contribution in [0.2, 0.25) is 0 Å². The van der Waals surface area contributed by atoms with Crippen molar-refractivity contribution < 1.29 is 33.7 Å². The van der Waals surface area contributed by atoms with Crippen molar-refractivity contribution in [3.8, 4) is 5.75 Å². The van der Waals surface area contributed by atoms with Gasteiger partial charge in [0.05, 0.1) is 12.2 Å². The van der Waals surface area contributed by atoms with Gasteiger partial charge in [-0.3, -0.25) is 14.5 Å². The van der Waals surface area contributed by atoms with Crippen molar-refractivity contribution >= 4 is 11.8 Å². The van der Waals surface area contributed by atoms with Gasteiger partial charge in [0, 0.05) is 44.6 Å². The molecule has 2 heterocycles. The number of aliphatic hydroxyl groups is 2. The molecule has 2 aliphatic heterocycles. The molecule has 36 heavy (non-hydrogen) atoms. The number of carbonyl (C=O) groups excluding carboxylic acids is 2. The molecule has 0 aromatic heterocycles. The number of benzene rings is 1. The van der Waals surface area contributed by atoms with Crippen LogP contribution < -0.4 is 5.73 Å². The van der Waals surface area contributed by atoms with E-state index in [4.69, 9.17) is 5.73 Å². The first-order chi connectivity index (χ1) is 17.1. The number of hydrogen-bond acceptors (Lipinski definition) is 6. The van der Waals surface area contributed by atoms with E-state index in [2.05, 4.69) is 4.90 Å². The number of para-hydroxylation sites is 1. The maximum atomic E-state index is 13.6. The van der Waals surface area contributed by atoms with Crippen LogP contribution in [0.25, 0.3) is 0 Å². The predicted molar refractivity (Wildman–Crippen MR) is 129 cm³/mol. The fourth-order valence-electron chi connectivity index (χ4n) is 6.39. The smallest absolute Gasteiger partial charge is 0.253 e. The zero-order chi connectivity index (χ0) is 26.0. The van der Waals surface area contributed by atoms with Crippen LogP contribution in [-0.4, -0.2) is 87.3 Å². The highest BCUT2D eigenvalue weighted by Crippen LogP contribution is 2.45. The molecule has 0 radical (unpaired) electrons. The minimum absolute atomic E-state index is 0.0457. The minimum atomic E-state index is -2.65. The summed E-state index contributed by atoms with van der Waals surface area (Å²) in [7, 11) is 0. The van der Waals surface area contributed by atoms with Gasteiger partial charge in [-0.1, -0.05) is 12.1 Å². The van der Waals surface area contributed by atoms with Crippen molar-refractivity contribution in [3.63, 3.8) is 0 Å². The van der Waals surface area contributed by atoms with Crippen molar-refractivity contribution in [2.75, 3.05) is 26.2 Å². The molecule has 3 fully saturated rings. The molecule has 2 amide bonds. The van der Waals surface area contributed by atoms with Gasteiger partial charge >= 0.3 is 0 Å². The Labute approximate surface area is 210 Å². The monoisotopic (exact) mass is 509 g/mol. The lowest BCUT2D eigenvalue weighted by molar-refractivity contribution is -0.143. The zero-order valence-corrected chi connectivity index (χ0v) is 20.5. The molecule has 5 N–H and O–H groups in total. The van der Waals surface area contributed by atoms with Crippen LogP contribution in [-0.2, 0) is 4.79 Å². The van der Waals surface area contributed by atoms with Gasteiger partial charge in [0.25, 0.3) is 11.8 Å². The molecule has 0 spiro atoms. The summed E-state index contributed by atoms with van der Waals surface area (Å²) in [6.07, 6.45) is 2.34. The molecule has 2 bridgehead atoms. The van der Waals surface area contributed by atoms with Crippen LogP contribution in [0.15, 0.2) is 18.2 Å². The van der Waals surface area contributed by atoms with Gasteiger partial charge in [-0.25, -0.2) is 8.78 Å². The predicted octanol–water partition coefficient (Wildman–Crippen LogP) is 2.21. The van der Waals surface area contributed by atoms with Gasteiger partial charge in [-0.2, -0.15) is 0 Å². The first-order valence-electron chi connectivity index (χ1n) is 12.9. The van der Waals surface area contributed by atoms with Crippen molar-refractivity contribution in [2.45, 2.75) is 81.4 Å². The fraction of sp³-hybridized carbons (Fsp3) is 0.692. The van der Waals surface area contributed by atoms with E-state index in [0.29, 0.717) is 32.5 Å². The maximum absolute atomic E-state index is 13.6. The SMILES string of the molecule is NC(=O)c1cccc(C2C[C@H]3CC[C@H](C2)N3CCN(CC2CCC(F)(F)CC2)C(=O)[C@@H](O)CO)c1O. The van der Waals surface area contributed by atoms with Crippen molar-refractivity contribution in [3.05, 3.63) is 29.3 Å². The van der Waals surface area contributed by atoms with Crippen molar-refractivity contribution in [2.24, 2.45) is 11.7 Å². The Hall–Kier alpha value is -2.30. The largest absolute Gasteiger partial charge is 0.507 e. The Morgan fingerprint density at radius 2 is 1.78 bits per heavy atom. The maximum Gasteiger partial charge on any atom is 0.253 e. The molecule has 1 aliphatic carbocycles. The Morgan fingerprint density at radius 3 is 2.36 bits per heavy atom. The Bertz CT molecular complexity index is 938. The average molecular weight is 510 g/mol. The van der Waals surface area contributed by atoms with Gasteiger partial charge < -0.3 is 26.0 Å². The second-order valence-corrected chi connectivity index (χ2v) is 10.7. The van der Waals surface area contributed by atoms with E-state index < -0.39 is 30.4 Å². The normalized spacial score (nSPS) is 27.1. The molecule has 4 rings (SSSR count). The lowest BCUT2D eigenvalue weighted by Gasteiger charge is -2.41. The van der Waals surface area contributed by atoms with Crippen LogP contribution in [0.1, 0.15) is 73.2 Å². The summed E-state index contributed by atoms with van der Waals surface area (Å²) in [4.78, 5) is 28.3. The molecule has 1 aromatic rings. The number of nitrogens with two attached hydrogens (primary N) is 1. The first-order valence-corrected chi connectivity index (χ1v) is 12.9. The highest BCUT2D eigenvalue weighted by molar-refractivity contribution is 5.96. The molecule has 1 saturated carbocycles. The number of nitrogens with zero attached hydrogens (tertiary/aromatic N) is 2. The van der Waals surface area contributed by atoms with Gasteiger partial charge in [0.1, 0.15) is 5.75 Å². The summed E-state index contributed by atoms with van der Waals surface area (Å²) in [6, 6.07) is 5.59. The third kappa shape index (κ3) is 5.81. The number of phenols is 1. The highest BCUT2D eigenvalue weighted by Gasteiger charge is 2.42. The fourth-order valence-corrected chi connectivity index (χ4v) is 6.39. The molecular weight excluding hydrogens is 472 g/mol. The number of hydrogen-bond donors (Lipinski definition) is 4. The average Bonchev–Trinajstić information content (AvgIpc) is 3.08. The number of fused-ring (bicyclic) bond motifs is 2. The quantitative estimate of drug-likeness (QED) is 0.404. The zero-order valence-electron chi connectivity index (χ0n) is 20.5. The second kappa shape index (κ2) is 11.0. The number of alkyl halides is 2. The molecule has 3 atom stereocenters. The molecule has 2 saturated heterocycles. The van der Waals surface area contributed by atoms with Crippen molar-refractivity contribution in [1.29, 1.82) is 0 Å². The molecule has 200 valence electrons. The Kier molecular flexibility index (Phi) is 8.16. The van der Waals surface area contributed by atoms with Gasteiger partial charge in [-0.05, 0) is 62.0 Å². The summed E-state index contributed by atoms with van der Waals surface area (Å²) in [5, 5.41) is 29.9. The van der Waals surface area contributed by atoms with E-state index in [1.165, 1.54) is 11.0 Å². The summed E-state index contributed by atoms with van der Waals surface area (Å²) >= 11 is 0. The van der Waals surface area contributed by atoms with E-state index in [1.807, 2.05) is 6.07 Å². The van der Waals surface area contributed by atoms with Crippen LogP contribution in [0.3, 0.4) is 0 Å². The van der Waals surface area contributed by atoms with Gasteiger partial charge in [-0.15, -0.1) is 0 Å². The molecular formula is C26H37F2N3O5. The van der Waals surface area contributed by atoms with E-state index in [0.717, 1.165) is 31.2 Å². The Balaban J connectivity index is 1.40. The highest BCUT2D eigenvalue weighted by atomic mass is 19.3. The number of piperidine rings is 1. The number of primary amides is 1. The first kappa shape index (κ1) is 26.8. The number of amides is 2. The minimum Gasteiger partial charge on any atom is -0.507 e. The summed E-state index contributed by atoms with van der Waals surface area (Å²) < 4.78 is 27.2. The standard InChI is InChI=1S/C26H37F2N3O5/c27-26(28)8-6-16(7-9-26)14-30(25(36)22(33)15-32)10-11-31-18-4-5-19(31)13-17(12-18)20-2-1-3-21(23(20)34)24(29)35/h1-3,16-19,22,32-34H,4-15H2,(H2,29,35)/t18-,19-,22+/m1/s1. The van der Waals surface area contributed by atoms with Crippen LogP contribution in [0.4, 0.5) is 8.78 Å². The molecule has 10 heteroatoms. The number of aliphatic hydroxyl groups excluding tert-OH is 2. The van der Waals surface area contributed by atoms with Crippen LogP contribution >= 0.6 is 0 Å². The lowest BCUT2D eigenvalue weighted by Crippen LogP contribution is -2.50. The van der Waals surface area contributed by atoms with E-state index >= 15 is 0 Å². The van der Waals surface area contributed by atoms with E-state index in [-0.39, 0.29) is 48.1 Å².